The summed E-state index contributed by atoms with van der Waals surface area (Å²) in [7, 11) is 0. The van der Waals surface area contributed by atoms with Crippen LogP contribution < -0.4 is 0 Å². The minimum atomic E-state index is -4.34. The van der Waals surface area contributed by atoms with E-state index < -0.39 is 11.7 Å². The van der Waals surface area contributed by atoms with Crippen molar-refractivity contribution in [2.24, 2.45) is 0 Å². The van der Waals surface area contributed by atoms with Crippen molar-refractivity contribution in [3.63, 3.8) is 0 Å². The molecule has 2 aromatic carbocycles. The smallest absolute Gasteiger partial charge is 0.279 e. The molecule has 1 radical (unpaired) electrons. The fraction of sp³-hybridized carbons (Fsp3) is 0.250. The molecule has 3 aromatic rings. The van der Waals surface area contributed by atoms with Crippen LogP contribution in [0.2, 0.25) is 0 Å². The molecule has 0 spiro atoms. The van der Waals surface area contributed by atoms with Crippen LogP contribution in [0.3, 0.4) is 0 Å². The molecular weight excluding hydrogens is 439 g/mol. The third kappa shape index (κ3) is 5.58. The van der Waals surface area contributed by atoms with Crippen LogP contribution in [0.5, 0.6) is 0 Å². The Balaban J connectivity index is 1.68. The quantitative estimate of drug-likeness (QED) is 0.353. The molecule has 0 unspecified atom stereocenters. The largest absolute Gasteiger partial charge is 0.416 e. The van der Waals surface area contributed by atoms with Crippen molar-refractivity contribution >= 4 is 11.3 Å². The summed E-state index contributed by atoms with van der Waals surface area (Å²) in [4.78, 5) is 3.51. The van der Waals surface area contributed by atoms with Gasteiger partial charge in [0.15, 0.2) is 0 Å². The maximum atomic E-state index is 13.1. The van der Waals surface area contributed by atoms with Crippen LogP contribution >= 0.6 is 11.3 Å². The average molecular weight is 465 g/mol. The Hall–Kier alpha value is -2.81. The molecule has 33 heavy (non-hydrogen) atoms. The molecule has 1 aliphatic rings. The Bertz CT molecular complexity index is 1130. The number of allylic oxidation sites excluding steroid dienone is 1. The Kier molecular flexibility index (Phi) is 7.07. The molecule has 4 rings (SSSR count). The van der Waals surface area contributed by atoms with Gasteiger partial charge in [0, 0.05) is 17.5 Å². The summed E-state index contributed by atoms with van der Waals surface area (Å²) in [6, 6.07) is 17.9. The van der Waals surface area contributed by atoms with Gasteiger partial charge in [-0.05, 0) is 72.0 Å². The van der Waals surface area contributed by atoms with Gasteiger partial charge < -0.3 is 0 Å². The zero-order valence-corrected chi connectivity index (χ0v) is 19.2. The lowest BCUT2D eigenvalue weighted by Gasteiger charge is -2.39. The molecule has 0 amide bonds. The van der Waals surface area contributed by atoms with E-state index in [1.54, 1.807) is 23.5 Å². The summed E-state index contributed by atoms with van der Waals surface area (Å²) in [6.45, 7) is 6.58. The predicted molar refractivity (Wildman–Crippen MR) is 130 cm³/mol. The first-order valence-electron chi connectivity index (χ1n) is 10.9. The highest BCUT2D eigenvalue weighted by molar-refractivity contribution is 7.13. The summed E-state index contributed by atoms with van der Waals surface area (Å²) in [5.74, 6) is 6.52. The van der Waals surface area contributed by atoms with Crippen molar-refractivity contribution in [2.45, 2.75) is 38.0 Å². The lowest BCUT2D eigenvalue weighted by atomic mass is 9.91. The molecule has 1 fully saturated rings. The summed E-state index contributed by atoms with van der Waals surface area (Å²) >= 11 is 1.70. The standard InChI is InChI=1S/C28H25F3NS/c1-20(2)8-17-26(21-9-11-23(12-10-21)27-7-5-19-33-27)32-18-4-3-6-25(32)22-13-15-24(16-14-22)28(29,30)31/h3,5,7,9-16,19,25-26H,1,4,6,18H2,2H3/t25-,26+/m0/s1. The number of hydrogen-bond donors (Lipinski definition) is 0. The molecule has 5 heteroatoms. The summed E-state index contributed by atoms with van der Waals surface area (Å²) in [5, 5.41) is 2.06. The number of hydrogen-bond acceptors (Lipinski definition) is 2. The molecule has 0 saturated carbocycles. The third-order valence-corrected chi connectivity index (χ3v) is 6.71. The minimum Gasteiger partial charge on any atom is -0.279 e. The van der Waals surface area contributed by atoms with Crippen molar-refractivity contribution in [1.82, 2.24) is 4.90 Å². The van der Waals surface area contributed by atoms with E-state index in [1.165, 1.54) is 17.0 Å². The first-order valence-corrected chi connectivity index (χ1v) is 11.8. The molecule has 1 saturated heterocycles. The number of likely N-dealkylation sites (tertiary alicyclic amines) is 1. The zero-order chi connectivity index (χ0) is 23.4. The van der Waals surface area contributed by atoms with Gasteiger partial charge in [0.1, 0.15) is 0 Å². The molecule has 2 heterocycles. The zero-order valence-electron chi connectivity index (χ0n) is 18.4. The molecule has 1 aliphatic heterocycles. The maximum absolute atomic E-state index is 13.1. The average Bonchev–Trinajstić information content (AvgIpc) is 3.34. The van der Waals surface area contributed by atoms with Crippen LogP contribution in [-0.4, -0.2) is 11.4 Å². The number of alkyl halides is 3. The van der Waals surface area contributed by atoms with E-state index in [0.29, 0.717) is 0 Å². The van der Waals surface area contributed by atoms with E-state index in [-0.39, 0.29) is 12.1 Å². The van der Waals surface area contributed by atoms with Gasteiger partial charge in [-0.25, -0.2) is 0 Å². The number of benzene rings is 2. The SMILES string of the molecule is C=C(C)C#C[C@H](c1ccc(-c2cccs2)cc1)N1CC[CH]C[C@H]1c1ccc(C(F)(F)F)cc1. The van der Waals surface area contributed by atoms with E-state index in [0.717, 1.165) is 41.6 Å². The Morgan fingerprint density at radius 3 is 2.42 bits per heavy atom. The molecule has 0 bridgehead atoms. The van der Waals surface area contributed by atoms with Crippen molar-refractivity contribution in [3.8, 4) is 22.3 Å². The number of rotatable bonds is 4. The topological polar surface area (TPSA) is 3.24 Å². The van der Waals surface area contributed by atoms with Gasteiger partial charge in [-0.15, -0.1) is 11.3 Å². The van der Waals surface area contributed by atoms with Crippen LogP contribution in [0, 0.1) is 18.3 Å². The van der Waals surface area contributed by atoms with Gasteiger partial charge in [0.25, 0.3) is 0 Å². The lowest BCUT2D eigenvalue weighted by Crippen LogP contribution is -2.36. The first kappa shape index (κ1) is 23.4. The number of thiophene rings is 1. The second kappa shape index (κ2) is 9.99. The van der Waals surface area contributed by atoms with Gasteiger partial charge in [0.05, 0.1) is 11.6 Å². The highest BCUT2D eigenvalue weighted by atomic mass is 32.1. The minimum absolute atomic E-state index is 0.0394. The Morgan fingerprint density at radius 1 is 1.09 bits per heavy atom. The fourth-order valence-electron chi connectivity index (χ4n) is 4.16. The fourth-order valence-corrected chi connectivity index (χ4v) is 4.89. The van der Waals surface area contributed by atoms with Crippen molar-refractivity contribution in [3.05, 3.63) is 101 Å². The van der Waals surface area contributed by atoms with E-state index in [9.17, 15) is 13.2 Å². The molecule has 0 N–H and O–H groups in total. The van der Waals surface area contributed by atoms with Crippen LogP contribution in [0.4, 0.5) is 13.2 Å². The van der Waals surface area contributed by atoms with Crippen molar-refractivity contribution in [1.29, 1.82) is 0 Å². The van der Waals surface area contributed by atoms with Gasteiger partial charge >= 0.3 is 6.18 Å². The molecule has 0 aliphatic carbocycles. The number of nitrogens with zero attached hydrogens (tertiary/aromatic N) is 1. The first-order chi connectivity index (χ1) is 15.8. The highest BCUT2D eigenvalue weighted by Crippen LogP contribution is 2.39. The van der Waals surface area contributed by atoms with Gasteiger partial charge in [-0.2, -0.15) is 13.2 Å². The number of piperidine rings is 1. The predicted octanol–water partition coefficient (Wildman–Crippen LogP) is 8.10. The Morgan fingerprint density at radius 2 is 1.82 bits per heavy atom. The summed E-state index contributed by atoms with van der Waals surface area (Å²) in [6.07, 6.45) is -0.446. The highest BCUT2D eigenvalue weighted by Gasteiger charge is 2.33. The van der Waals surface area contributed by atoms with Crippen molar-refractivity contribution in [2.75, 3.05) is 6.54 Å². The van der Waals surface area contributed by atoms with Crippen LogP contribution in [0.25, 0.3) is 10.4 Å². The monoisotopic (exact) mass is 464 g/mol. The molecule has 1 nitrogen and oxygen atoms in total. The second-order valence-corrected chi connectivity index (χ2v) is 9.19. The van der Waals surface area contributed by atoms with Crippen LogP contribution in [-0.2, 0) is 6.18 Å². The maximum Gasteiger partial charge on any atom is 0.416 e. The van der Waals surface area contributed by atoms with E-state index in [4.69, 9.17) is 0 Å². The number of halogens is 3. The van der Waals surface area contributed by atoms with Gasteiger partial charge in [-0.1, -0.05) is 60.9 Å². The van der Waals surface area contributed by atoms with Crippen LogP contribution in [0.1, 0.15) is 48.5 Å². The van der Waals surface area contributed by atoms with Gasteiger partial charge in [-0.3, -0.25) is 4.90 Å². The van der Waals surface area contributed by atoms with Crippen molar-refractivity contribution < 1.29 is 13.2 Å². The second-order valence-electron chi connectivity index (χ2n) is 8.24. The Labute approximate surface area is 197 Å². The van der Waals surface area contributed by atoms with E-state index >= 15 is 0 Å². The normalized spacial score (nSPS) is 17.8. The van der Waals surface area contributed by atoms with Gasteiger partial charge in [0.2, 0.25) is 0 Å². The molecule has 169 valence electrons. The summed E-state index contributed by atoms with van der Waals surface area (Å²) in [5.41, 5.74) is 3.26. The molecule has 2 atom stereocenters. The lowest BCUT2D eigenvalue weighted by molar-refractivity contribution is -0.137. The summed E-state index contributed by atoms with van der Waals surface area (Å²) < 4.78 is 39.2. The third-order valence-electron chi connectivity index (χ3n) is 5.79. The van der Waals surface area contributed by atoms with E-state index in [2.05, 4.69) is 65.5 Å². The van der Waals surface area contributed by atoms with Crippen LogP contribution in [0.15, 0.2) is 78.2 Å². The molecular formula is C28H25F3NS. The molecule has 1 aromatic heterocycles. The van der Waals surface area contributed by atoms with E-state index in [1.807, 2.05) is 13.0 Å².